The number of nitrogens with zero attached hydrogens (tertiary/aromatic N) is 6. The Kier molecular flexibility index (Phi) is 8.16. The summed E-state index contributed by atoms with van der Waals surface area (Å²) in [7, 11) is 1.91. The molecular formula is C30H37N7O2. The van der Waals surface area contributed by atoms with E-state index in [1.807, 2.05) is 68.7 Å². The lowest BCUT2D eigenvalue weighted by molar-refractivity contribution is -0.127. The summed E-state index contributed by atoms with van der Waals surface area (Å²) in [4.78, 5) is 21.9. The van der Waals surface area contributed by atoms with Gasteiger partial charge >= 0.3 is 0 Å². The minimum absolute atomic E-state index is 0.0203. The maximum absolute atomic E-state index is 12.6. The van der Waals surface area contributed by atoms with E-state index in [0.29, 0.717) is 11.7 Å². The summed E-state index contributed by atoms with van der Waals surface area (Å²) in [5.41, 5.74) is 5.01. The average molecular weight is 528 g/mol. The van der Waals surface area contributed by atoms with Gasteiger partial charge in [0.25, 0.3) is 0 Å². The molecule has 0 aliphatic heterocycles. The lowest BCUT2D eigenvalue weighted by Gasteiger charge is -2.29. The van der Waals surface area contributed by atoms with Crippen LogP contribution in [-0.2, 0) is 18.4 Å². The van der Waals surface area contributed by atoms with Crippen LogP contribution in [0.15, 0.2) is 61.4 Å². The Balaban J connectivity index is 1.17. The van der Waals surface area contributed by atoms with Crippen LogP contribution < -0.4 is 5.32 Å². The highest BCUT2D eigenvalue weighted by molar-refractivity contribution is 5.79. The molecule has 39 heavy (non-hydrogen) atoms. The molecule has 9 nitrogen and oxygen atoms in total. The number of benzene rings is 1. The number of nitrogens with one attached hydrogen (secondary N) is 1. The molecule has 1 aromatic carbocycles. The molecule has 204 valence electrons. The van der Waals surface area contributed by atoms with Gasteiger partial charge in [-0.1, -0.05) is 32.0 Å². The first kappa shape index (κ1) is 26.7. The van der Waals surface area contributed by atoms with E-state index in [-0.39, 0.29) is 30.4 Å². The van der Waals surface area contributed by atoms with Gasteiger partial charge in [-0.3, -0.25) is 14.2 Å². The van der Waals surface area contributed by atoms with Gasteiger partial charge in [0.1, 0.15) is 0 Å². The Morgan fingerprint density at radius 3 is 2.31 bits per heavy atom. The van der Waals surface area contributed by atoms with E-state index >= 15 is 0 Å². The van der Waals surface area contributed by atoms with Gasteiger partial charge in [0.15, 0.2) is 5.82 Å². The number of amides is 1. The van der Waals surface area contributed by atoms with Crippen molar-refractivity contribution in [3.05, 3.63) is 61.4 Å². The maximum atomic E-state index is 12.6. The zero-order valence-electron chi connectivity index (χ0n) is 22.9. The van der Waals surface area contributed by atoms with Crippen molar-refractivity contribution in [2.24, 2.45) is 24.8 Å². The molecule has 5 rings (SSSR count). The molecule has 0 radical (unpaired) electrons. The van der Waals surface area contributed by atoms with Crippen LogP contribution >= 0.6 is 0 Å². The second kappa shape index (κ2) is 11.9. The number of aromatic nitrogens is 6. The Bertz CT molecular complexity index is 1380. The quantitative estimate of drug-likeness (QED) is 0.335. The van der Waals surface area contributed by atoms with Crippen molar-refractivity contribution >= 4 is 5.91 Å². The number of carbonyl (C=O) groups is 1. The first-order valence-electron chi connectivity index (χ1n) is 13.7. The molecule has 1 aliphatic rings. The second-order valence-electron chi connectivity index (χ2n) is 11.0. The molecular weight excluding hydrogens is 490 g/mol. The number of aliphatic hydroxyl groups is 1. The minimum atomic E-state index is -0.173. The Morgan fingerprint density at radius 2 is 1.64 bits per heavy atom. The molecule has 1 saturated carbocycles. The lowest BCUT2D eigenvalue weighted by atomic mass is 9.81. The third-order valence-electron chi connectivity index (χ3n) is 7.77. The topological polar surface area (TPSA) is 111 Å². The summed E-state index contributed by atoms with van der Waals surface area (Å²) in [5.74, 6) is 1.50. The summed E-state index contributed by atoms with van der Waals surface area (Å²) >= 11 is 0. The van der Waals surface area contributed by atoms with Gasteiger partial charge in [0.2, 0.25) is 5.91 Å². The smallest absolute Gasteiger partial charge is 0.223 e. The monoisotopic (exact) mass is 527 g/mol. The predicted octanol–water partition coefficient (Wildman–Crippen LogP) is 4.35. The van der Waals surface area contributed by atoms with Crippen LogP contribution in [0.2, 0.25) is 0 Å². The SMILES string of the molecule is CC(C)C(CO)NC(=O)C1CCC(Cn2cc(-c3cnc(-c4cccc(-c5cnn(C)c5)c4)nc3)cn2)CC1. The van der Waals surface area contributed by atoms with E-state index in [1.54, 1.807) is 4.68 Å². The van der Waals surface area contributed by atoms with Crippen LogP contribution in [0.4, 0.5) is 0 Å². The Hall–Kier alpha value is -3.85. The molecule has 1 atom stereocenters. The lowest BCUT2D eigenvalue weighted by Crippen LogP contribution is -2.44. The molecule has 1 aliphatic carbocycles. The van der Waals surface area contributed by atoms with Gasteiger partial charge in [0.05, 0.1) is 25.0 Å². The number of aliphatic hydroxyl groups excluding tert-OH is 1. The van der Waals surface area contributed by atoms with Crippen LogP contribution in [0, 0.1) is 17.8 Å². The standard InChI is InChI=1S/C30H37N7O2/c1-20(2)28(19-38)35-30(39)22-9-7-21(8-10-22)16-37-18-27(15-34-37)25-12-31-29(32-13-25)24-6-4-5-23(11-24)26-14-33-36(3)17-26/h4-6,11-15,17-18,20-22,28,38H,7-10,16,19H2,1-3H3,(H,35,39). The first-order chi connectivity index (χ1) is 18.9. The van der Waals surface area contributed by atoms with Crippen LogP contribution in [-0.4, -0.2) is 53.2 Å². The van der Waals surface area contributed by atoms with E-state index in [1.165, 1.54) is 0 Å². The van der Waals surface area contributed by atoms with Crippen molar-refractivity contribution in [3.63, 3.8) is 0 Å². The van der Waals surface area contributed by atoms with Crippen molar-refractivity contribution in [3.8, 4) is 33.6 Å². The van der Waals surface area contributed by atoms with Gasteiger partial charge < -0.3 is 10.4 Å². The molecule has 1 unspecified atom stereocenters. The molecule has 0 spiro atoms. The van der Waals surface area contributed by atoms with Crippen molar-refractivity contribution in [2.75, 3.05) is 6.61 Å². The van der Waals surface area contributed by atoms with Gasteiger partial charge in [-0.15, -0.1) is 0 Å². The van der Waals surface area contributed by atoms with Crippen molar-refractivity contribution in [2.45, 2.75) is 52.1 Å². The molecule has 1 fully saturated rings. The van der Waals surface area contributed by atoms with Gasteiger partial charge in [-0.2, -0.15) is 10.2 Å². The third-order valence-corrected chi connectivity index (χ3v) is 7.77. The van der Waals surface area contributed by atoms with E-state index in [0.717, 1.165) is 60.0 Å². The number of rotatable bonds is 9. The molecule has 0 bridgehead atoms. The molecule has 3 aromatic heterocycles. The highest BCUT2D eigenvalue weighted by Gasteiger charge is 2.28. The van der Waals surface area contributed by atoms with Gasteiger partial charge in [0, 0.05) is 66.6 Å². The highest BCUT2D eigenvalue weighted by Crippen LogP contribution is 2.31. The van der Waals surface area contributed by atoms with E-state index < -0.39 is 0 Å². The van der Waals surface area contributed by atoms with Gasteiger partial charge in [-0.05, 0) is 49.1 Å². The first-order valence-corrected chi connectivity index (χ1v) is 13.7. The maximum Gasteiger partial charge on any atom is 0.223 e. The third kappa shape index (κ3) is 6.42. The normalized spacial score (nSPS) is 18.3. The molecule has 0 saturated heterocycles. The summed E-state index contributed by atoms with van der Waals surface area (Å²) < 4.78 is 3.78. The summed E-state index contributed by atoms with van der Waals surface area (Å²) in [6, 6.07) is 7.99. The molecule has 3 heterocycles. The Morgan fingerprint density at radius 1 is 0.949 bits per heavy atom. The molecule has 1 amide bonds. The van der Waals surface area contributed by atoms with Crippen LogP contribution in [0.5, 0.6) is 0 Å². The van der Waals surface area contributed by atoms with Crippen molar-refractivity contribution in [1.82, 2.24) is 34.8 Å². The fourth-order valence-corrected chi connectivity index (χ4v) is 5.24. The molecule has 9 heteroatoms. The largest absolute Gasteiger partial charge is 0.394 e. The van der Waals surface area contributed by atoms with Gasteiger partial charge in [-0.25, -0.2) is 9.97 Å². The average Bonchev–Trinajstić information content (AvgIpc) is 3.61. The Labute approximate surface area is 229 Å². The van der Waals surface area contributed by atoms with Crippen molar-refractivity contribution < 1.29 is 9.90 Å². The summed E-state index contributed by atoms with van der Waals surface area (Å²) in [5, 5.41) is 21.4. The molecule has 4 aromatic rings. The zero-order chi connectivity index (χ0) is 27.4. The zero-order valence-corrected chi connectivity index (χ0v) is 22.9. The van der Waals surface area contributed by atoms with Crippen LogP contribution in [0.1, 0.15) is 39.5 Å². The minimum Gasteiger partial charge on any atom is -0.394 e. The van der Waals surface area contributed by atoms with E-state index in [9.17, 15) is 9.90 Å². The molecule has 2 N–H and O–H groups in total. The van der Waals surface area contributed by atoms with E-state index in [2.05, 4.69) is 43.8 Å². The van der Waals surface area contributed by atoms with Crippen LogP contribution in [0.3, 0.4) is 0 Å². The predicted molar refractivity (Wildman–Crippen MR) is 150 cm³/mol. The number of hydrogen-bond donors (Lipinski definition) is 2. The number of aryl methyl sites for hydroxylation is 1. The fraction of sp³-hybridized carbons (Fsp3) is 0.433. The highest BCUT2D eigenvalue weighted by atomic mass is 16.3. The summed E-state index contributed by atoms with van der Waals surface area (Å²) in [6.07, 6.45) is 15.2. The number of carbonyl (C=O) groups excluding carboxylic acids is 1. The fourth-order valence-electron chi connectivity index (χ4n) is 5.24. The summed E-state index contributed by atoms with van der Waals surface area (Å²) in [6.45, 7) is 4.84. The number of hydrogen-bond acceptors (Lipinski definition) is 6. The second-order valence-corrected chi connectivity index (χ2v) is 11.0. The van der Waals surface area contributed by atoms with Crippen LogP contribution in [0.25, 0.3) is 33.6 Å². The van der Waals surface area contributed by atoms with Crippen molar-refractivity contribution in [1.29, 1.82) is 0 Å². The van der Waals surface area contributed by atoms with E-state index in [4.69, 9.17) is 0 Å².